The normalized spacial score (nSPS) is 16.7. The molecular formula is C14H18ClNO6S. The lowest BCUT2D eigenvalue weighted by molar-refractivity contribution is -0.140. The quantitative estimate of drug-likeness (QED) is 0.800. The third-order valence-corrected chi connectivity index (χ3v) is 5.55. The Morgan fingerprint density at radius 3 is 2.43 bits per heavy atom. The predicted octanol–water partition coefficient (Wildman–Crippen LogP) is 1.89. The van der Waals surface area contributed by atoms with Crippen LogP contribution >= 0.6 is 11.6 Å². The molecule has 0 saturated carbocycles. The number of carboxylic acids is 1. The largest absolute Gasteiger partial charge is 0.486 e. The van der Waals surface area contributed by atoms with E-state index < -0.39 is 22.0 Å². The number of rotatable bonds is 6. The first-order valence-corrected chi connectivity index (χ1v) is 8.96. The number of carbonyl (C=O) groups is 1. The molecule has 9 heteroatoms. The molecule has 1 heterocycles. The molecule has 1 aliphatic heterocycles. The van der Waals surface area contributed by atoms with Crippen molar-refractivity contribution in [2.45, 2.75) is 31.2 Å². The summed E-state index contributed by atoms with van der Waals surface area (Å²) in [7, 11) is -4.12. The van der Waals surface area contributed by atoms with E-state index in [9.17, 15) is 18.3 Å². The van der Waals surface area contributed by atoms with Crippen LogP contribution in [0.3, 0.4) is 0 Å². The summed E-state index contributed by atoms with van der Waals surface area (Å²) < 4.78 is 37.9. The first kappa shape index (κ1) is 17.8. The molecule has 0 spiro atoms. The van der Waals surface area contributed by atoms with Crippen molar-refractivity contribution in [3.63, 3.8) is 0 Å². The molecule has 0 fully saturated rings. The van der Waals surface area contributed by atoms with Gasteiger partial charge in [-0.25, -0.2) is 8.42 Å². The fraction of sp³-hybridized carbons (Fsp3) is 0.500. The average Bonchev–Trinajstić information content (AvgIpc) is 2.50. The number of sulfonamides is 1. The van der Waals surface area contributed by atoms with Gasteiger partial charge in [-0.2, -0.15) is 4.72 Å². The maximum absolute atomic E-state index is 12.5. The SMILES string of the molecule is CC[C@H](C)[C@H](NS(=O)(=O)c1cc2c(cc1Cl)OCCO2)C(=O)O. The number of ether oxygens (including phenoxy) is 2. The van der Waals surface area contributed by atoms with E-state index in [-0.39, 0.29) is 21.6 Å². The predicted molar refractivity (Wildman–Crippen MR) is 83.6 cm³/mol. The monoisotopic (exact) mass is 363 g/mol. The topological polar surface area (TPSA) is 102 Å². The molecule has 0 bridgehead atoms. The molecule has 0 amide bonds. The van der Waals surface area contributed by atoms with Crippen molar-refractivity contribution in [1.82, 2.24) is 4.72 Å². The number of hydrogen-bond donors (Lipinski definition) is 2. The van der Waals surface area contributed by atoms with Gasteiger partial charge < -0.3 is 14.6 Å². The molecule has 0 radical (unpaired) electrons. The molecule has 128 valence electrons. The summed E-state index contributed by atoms with van der Waals surface area (Å²) in [6, 6.07) is 1.35. The Balaban J connectivity index is 2.37. The molecule has 2 N–H and O–H groups in total. The van der Waals surface area contributed by atoms with Crippen molar-refractivity contribution in [1.29, 1.82) is 0 Å². The van der Waals surface area contributed by atoms with Gasteiger partial charge in [-0.05, 0) is 5.92 Å². The maximum atomic E-state index is 12.5. The maximum Gasteiger partial charge on any atom is 0.322 e. The van der Waals surface area contributed by atoms with Gasteiger partial charge in [0.25, 0.3) is 0 Å². The van der Waals surface area contributed by atoms with Crippen molar-refractivity contribution >= 4 is 27.6 Å². The third kappa shape index (κ3) is 3.88. The van der Waals surface area contributed by atoms with Gasteiger partial charge in [0, 0.05) is 12.1 Å². The second-order valence-electron chi connectivity index (χ2n) is 5.25. The van der Waals surface area contributed by atoms with Crippen LogP contribution in [0, 0.1) is 5.92 Å². The van der Waals surface area contributed by atoms with Crippen molar-refractivity contribution < 1.29 is 27.8 Å². The van der Waals surface area contributed by atoms with Crippen LogP contribution in [0.15, 0.2) is 17.0 Å². The fourth-order valence-electron chi connectivity index (χ4n) is 2.13. The van der Waals surface area contributed by atoms with Crippen molar-refractivity contribution in [2.24, 2.45) is 5.92 Å². The van der Waals surface area contributed by atoms with Crippen molar-refractivity contribution in [2.75, 3.05) is 13.2 Å². The molecule has 7 nitrogen and oxygen atoms in total. The molecule has 2 rings (SSSR count). The summed E-state index contributed by atoms with van der Waals surface area (Å²) in [4.78, 5) is 11.1. The Labute approximate surface area is 139 Å². The van der Waals surface area contributed by atoms with E-state index in [1.807, 2.05) is 0 Å². The first-order chi connectivity index (χ1) is 10.8. The molecule has 0 aliphatic carbocycles. The molecule has 0 aromatic heterocycles. The number of nitrogens with one attached hydrogen (secondary N) is 1. The van der Waals surface area contributed by atoms with Gasteiger partial charge in [-0.3, -0.25) is 4.79 Å². The molecular weight excluding hydrogens is 346 g/mol. The number of fused-ring (bicyclic) bond motifs is 1. The van der Waals surface area contributed by atoms with Crippen LogP contribution in [0.4, 0.5) is 0 Å². The highest BCUT2D eigenvalue weighted by atomic mass is 35.5. The molecule has 1 aromatic rings. The highest BCUT2D eigenvalue weighted by molar-refractivity contribution is 7.89. The van der Waals surface area contributed by atoms with Crippen LogP contribution in [0.5, 0.6) is 11.5 Å². The molecule has 1 aromatic carbocycles. The first-order valence-electron chi connectivity index (χ1n) is 7.10. The number of aliphatic carboxylic acids is 1. The second kappa shape index (κ2) is 6.94. The highest BCUT2D eigenvalue weighted by Gasteiger charge is 2.31. The third-order valence-electron chi connectivity index (χ3n) is 3.65. The zero-order valence-electron chi connectivity index (χ0n) is 12.7. The van der Waals surface area contributed by atoms with E-state index in [4.69, 9.17) is 21.1 Å². The highest BCUT2D eigenvalue weighted by Crippen LogP contribution is 2.37. The van der Waals surface area contributed by atoms with Crippen LogP contribution in [0.25, 0.3) is 0 Å². The summed E-state index contributed by atoms with van der Waals surface area (Å²) in [5.74, 6) is -0.997. The van der Waals surface area contributed by atoms with Crippen LogP contribution in [0.1, 0.15) is 20.3 Å². The number of carboxylic acid groups (broad SMARTS) is 1. The minimum Gasteiger partial charge on any atom is -0.486 e. The summed E-state index contributed by atoms with van der Waals surface area (Å²) in [6.45, 7) is 4.09. The Kier molecular flexibility index (Phi) is 5.38. The van der Waals surface area contributed by atoms with E-state index in [2.05, 4.69) is 4.72 Å². The Hall–Kier alpha value is -1.51. The zero-order chi connectivity index (χ0) is 17.2. The zero-order valence-corrected chi connectivity index (χ0v) is 14.3. The Morgan fingerprint density at radius 1 is 1.35 bits per heavy atom. The van der Waals surface area contributed by atoms with Gasteiger partial charge >= 0.3 is 5.97 Å². The van der Waals surface area contributed by atoms with Gasteiger partial charge in [-0.15, -0.1) is 0 Å². The number of hydrogen-bond acceptors (Lipinski definition) is 5. The van der Waals surface area contributed by atoms with Crippen molar-refractivity contribution in [3.8, 4) is 11.5 Å². The molecule has 0 saturated heterocycles. The minimum atomic E-state index is -4.12. The second-order valence-corrected chi connectivity index (χ2v) is 7.34. The van der Waals surface area contributed by atoms with Crippen molar-refractivity contribution in [3.05, 3.63) is 17.2 Å². The smallest absolute Gasteiger partial charge is 0.322 e. The Bertz CT molecular complexity index is 705. The minimum absolute atomic E-state index is 0.0601. The van der Waals surface area contributed by atoms with Gasteiger partial charge in [0.05, 0.1) is 5.02 Å². The molecule has 2 atom stereocenters. The molecule has 1 aliphatic rings. The van der Waals surface area contributed by atoms with Gasteiger partial charge in [0.2, 0.25) is 10.0 Å². The lowest BCUT2D eigenvalue weighted by Gasteiger charge is -2.22. The summed E-state index contributed by atoms with van der Waals surface area (Å²) >= 11 is 6.02. The van der Waals surface area contributed by atoms with Crippen LogP contribution in [-0.4, -0.2) is 38.7 Å². The summed E-state index contributed by atoms with van der Waals surface area (Å²) in [5, 5.41) is 9.18. The molecule has 23 heavy (non-hydrogen) atoms. The van der Waals surface area contributed by atoms with Gasteiger partial charge in [-0.1, -0.05) is 31.9 Å². The standard InChI is InChI=1S/C14H18ClNO6S/c1-3-8(2)13(14(17)18)16-23(19,20)12-7-11-10(6-9(12)15)21-4-5-22-11/h6-8,13,16H,3-5H2,1-2H3,(H,17,18)/t8-,13-/m0/s1. The van der Waals surface area contributed by atoms with E-state index in [0.29, 0.717) is 25.4 Å². The van der Waals surface area contributed by atoms with Crippen LogP contribution < -0.4 is 14.2 Å². The number of benzene rings is 1. The van der Waals surface area contributed by atoms with E-state index in [1.165, 1.54) is 12.1 Å². The average molecular weight is 364 g/mol. The van der Waals surface area contributed by atoms with E-state index in [1.54, 1.807) is 13.8 Å². The molecule has 0 unspecified atom stereocenters. The fourth-order valence-corrected chi connectivity index (χ4v) is 3.96. The van der Waals surface area contributed by atoms with E-state index in [0.717, 1.165) is 0 Å². The summed E-state index contributed by atoms with van der Waals surface area (Å²) in [5.41, 5.74) is 0. The van der Waals surface area contributed by atoms with Crippen LogP contribution in [0.2, 0.25) is 5.02 Å². The van der Waals surface area contributed by atoms with E-state index >= 15 is 0 Å². The van der Waals surface area contributed by atoms with Gasteiger partial charge in [0.1, 0.15) is 24.2 Å². The van der Waals surface area contributed by atoms with Gasteiger partial charge in [0.15, 0.2) is 11.5 Å². The lowest BCUT2D eigenvalue weighted by atomic mass is 10.0. The Morgan fingerprint density at radius 2 is 1.91 bits per heavy atom. The lowest BCUT2D eigenvalue weighted by Crippen LogP contribution is -2.45. The number of halogens is 1. The van der Waals surface area contributed by atoms with Crippen LogP contribution in [-0.2, 0) is 14.8 Å². The summed E-state index contributed by atoms with van der Waals surface area (Å²) in [6.07, 6.45) is 0.508.